The Labute approximate surface area is 61.0 Å². The van der Waals surface area contributed by atoms with Crippen molar-refractivity contribution in [2.45, 2.75) is 4.80 Å². The van der Waals surface area contributed by atoms with Crippen molar-refractivity contribution in [2.75, 3.05) is 11.8 Å². The zero-order valence-corrected chi connectivity index (χ0v) is 5.88. The SMILES string of the molecule is [2H]C([2H])(O)C([2H])(Br)C([2H])([2H])Br. The molecule has 0 amide bonds. The Hall–Kier alpha value is 0.920. The summed E-state index contributed by atoms with van der Waals surface area (Å²) in [6, 6.07) is 0. The summed E-state index contributed by atoms with van der Waals surface area (Å²) >= 11 is 4.88. The number of rotatable bonds is 2. The molecule has 6 heavy (non-hydrogen) atoms. The van der Waals surface area contributed by atoms with E-state index in [0.29, 0.717) is 0 Å². The summed E-state index contributed by atoms with van der Waals surface area (Å²) < 4.78 is 34.4. The molecule has 38 valence electrons. The highest BCUT2D eigenvalue weighted by Gasteiger charge is 1.94. The van der Waals surface area contributed by atoms with Gasteiger partial charge in [-0.2, -0.15) is 0 Å². The molecule has 0 fully saturated rings. The molecule has 0 aliphatic carbocycles. The first-order valence-corrected chi connectivity index (χ1v) is 2.69. The van der Waals surface area contributed by atoms with Crippen LogP contribution in [0, 0.1) is 0 Å². The zero-order chi connectivity index (χ0) is 9.50. The van der Waals surface area contributed by atoms with Crippen LogP contribution < -0.4 is 0 Å². The average molecular weight is 223 g/mol. The van der Waals surface area contributed by atoms with Crippen LogP contribution in [0.2, 0.25) is 0 Å². The second-order valence-corrected chi connectivity index (χ2v) is 1.71. The second-order valence-electron chi connectivity index (χ2n) is 0.520. The van der Waals surface area contributed by atoms with Gasteiger partial charge in [-0.15, -0.1) is 0 Å². The van der Waals surface area contributed by atoms with Crippen molar-refractivity contribution >= 4 is 31.9 Å². The Bertz CT molecular complexity index is 131. The highest BCUT2D eigenvalue weighted by atomic mass is 79.9. The molecule has 0 aromatic rings. The van der Waals surface area contributed by atoms with E-state index in [1.807, 2.05) is 0 Å². The molecule has 0 aromatic heterocycles. The van der Waals surface area contributed by atoms with E-state index < -0.39 is 16.6 Å². The standard InChI is InChI=1S/C3H6Br2O/c4-1-3(5)2-6/h3,6H,1-2H2/i1D2,2D2,3D. The largest absolute Gasteiger partial charge is 0.395 e. The van der Waals surface area contributed by atoms with E-state index in [4.69, 9.17) is 12.0 Å². The molecule has 0 heterocycles. The molecular formula is C3H6Br2O. The van der Waals surface area contributed by atoms with Crippen molar-refractivity contribution < 1.29 is 12.0 Å². The predicted molar refractivity (Wildman–Crippen MR) is 33.6 cm³/mol. The third-order valence-corrected chi connectivity index (χ3v) is 1.49. The maximum Gasteiger partial charge on any atom is 0.0576 e. The van der Waals surface area contributed by atoms with Crippen LogP contribution in [0.4, 0.5) is 0 Å². The van der Waals surface area contributed by atoms with Gasteiger partial charge in [-0.1, -0.05) is 31.9 Å². The minimum absolute atomic E-state index is 2.35. The molecule has 3 heteroatoms. The van der Waals surface area contributed by atoms with Gasteiger partial charge in [0.25, 0.3) is 0 Å². The molecule has 1 nitrogen and oxygen atoms in total. The maximum atomic E-state index is 8.71. The van der Waals surface area contributed by atoms with Crippen LogP contribution >= 0.6 is 31.9 Å². The normalized spacial score (nSPS) is 36.8. The number of hydrogen-bond acceptors (Lipinski definition) is 1. The lowest BCUT2D eigenvalue weighted by Crippen LogP contribution is -2.03. The Kier molecular flexibility index (Phi) is 1.39. The average Bonchev–Trinajstić information content (AvgIpc) is 1.58. The van der Waals surface area contributed by atoms with Gasteiger partial charge in [0.05, 0.1) is 9.30 Å². The fourth-order valence-corrected chi connectivity index (χ4v) is 0.110. The van der Waals surface area contributed by atoms with Crippen molar-refractivity contribution in [3.63, 3.8) is 0 Å². The van der Waals surface area contributed by atoms with E-state index in [1.54, 1.807) is 0 Å². The van der Waals surface area contributed by atoms with Crippen LogP contribution in [-0.4, -0.2) is 21.8 Å². The summed E-state index contributed by atoms with van der Waals surface area (Å²) in [6.07, 6.45) is 0. The first-order valence-electron chi connectivity index (χ1n) is 3.60. The molecule has 0 rings (SSSR count). The molecule has 0 radical (unpaired) electrons. The van der Waals surface area contributed by atoms with Gasteiger partial charge in [0, 0.05) is 14.2 Å². The minimum Gasteiger partial charge on any atom is -0.395 e. The second kappa shape index (κ2) is 4.09. The molecule has 0 saturated heterocycles. The molecule has 0 bridgehead atoms. The van der Waals surface area contributed by atoms with Gasteiger partial charge in [0.2, 0.25) is 0 Å². The van der Waals surface area contributed by atoms with Gasteiger partial charge in [0.15, 0.2) is 0 Å². The van der Waals surface area contributed by atoms with Crippen LogP contribution in [0.15, 0.2) is 0 Å². The fraction of sp³-hybridized carbons (Fsp3) is 1.00. The van der Waals surface area contributed by atoms with Gasteiger partial charge >= 0.3 is 0 Å². The predicted octanol–water partition coefficient (Wildman–Crippen LogP) is 1.14. The van der Waals surface area contributed by atoms with Gasteiger partial charge in [-0.3, -0.25) is 0 Å². The number of alkyl halides is 2. The van der Waals surface area contributed by atoms with Crippen LogP contribution in [0.5, 0.6) is 0 Å². The maximum absolute atomic E-state index is 8.71. The van der Waals surface area contributed by atoms with Gasteiger partial charge in [-0.05, 0) is 0 Å². The van der Waals surface area contributed by atoms with Crippen molar-refractivity contribution in [3.05, 3.63) is 0 Å². The lowest BCUT2D eigenvalue weighted by Gasteiger charge is -1.94. The molecule has 1 atom stereocenters. The lowest BCUT2D eigenvalue weighted by atomic mass is 10.5. The lowest BCUT2D eigenvalue weighted by molar-refractivity contribution is 0.303. The quantitative estimate of drug-likeness (QED) is 0.695. The minimum atomic E-state index is -2.96. The first kappa shape index (κ1) is 2.03. The molecule has 1 unspecified atom stereocenters. The summed E-state index contributed by atoms with van der Waals surface area (Å²) in [5.74, 6) is 0. The van der Waals surface area contributed by atoms with Gasteiger partial charge in [-0.25, -0.2) is 0 Å². The van der Waals surface area contributed by atoms with Gasteiger partial charge < -0.3 is 5.11 Å². The van der Waals surface area contributed by atoms with Crippen molar-refractivity contribution in [1.29, 1.82) is 0 Å². The number of aliphatic hydroxyl groups is 1. The monoisotopic (exact) mass is 221 g/mol. The van der Waals surface area contributed by atoms with E-state index in [9.17, 15) is 0 Å². The first-order chi connectivity index (χ1) is 4.50. The highest BCUT2D eigenvalue weighted by molar-refractivity contribution is 9.12. The third kappa shape index (κ3) is 3.12. The van der Waals surface area contributed by atoms with E-state index in [-0.39, 0.29) is 0 Å². The zero-order valence-electron chi connectivity index (χ0n) is 7.70. The third-order valence-electron chi connectivity index (χ3n) is 0.181. The van der Waals surface area contributed by atoms with E-state index in [2.05, 4.69) is 31.9 Å². The van der Waals surface area contributed by atoms with Crippen molar-refractivity contribution in [2.24, 2.45) is 0 Å². The molecule has 0 aliphatic rings. The van der Waals surface area contributed by atoms with Crippen LogP contribution in [0.3, 0.4) is 0 Å². The highest BCUT2D eigenvalue weighted by Crippen LogP contribution is 1.99. The summed E-state index contributed by atoms with van der Waals surface area (Å²) in [5.41, 5.74) is 0. The Morgan fingerprint density at radius 3 is 2.67 bits per heavy atom. The molecule has 0 aliphatic heterocycles. The van der Waals surface area contributed by atoms with Crippen molar-refractivity contribution in [3.8, 4) is 0 Å². The smallest absolute Gasteiger partial charge is 0.0576 e. The fourth-order valence-electron chi connectivity index (χ4n) is 0.0211. The summed E-state index contributed by atoms with van der Waals surface area (Å²) in [7, 11) is 0. The van der Waals surface area contributed by atoms with Crippen LogP contribution in [-0.2, 0) is 0 Å². The summed E-state index contributed by atoms with van der Waals surface area (Å²) in [6.45, 7) is -2.96. The van der Waals surface area contributed by atoms with E-state index >= 15 is 0 Å². The molecular weight excluding hydrogens is 212 g/mol. The van der Waals surface area contributed by atoms with Crippen LogP contribution in [0.1, 0.15) is 6.85 Å². The van der Waals surface area contributed by atoms with E-state index in [0.717, 1.165) is 0 Å². The number of halogens is 2. The number of hydrogen-bond donors (Lipinski definition) is 1. The topological polar surface area (TPSA) is 20.2 Å². The molecule has 1 N–H and O–H groups in total. The molecule has 0 saturated carbocycles. The van der Waals surface area contributed by atoms with Crippen LogP contribution in [0.25, 0.3) is 0 Å². The summed E-state index contributed by atoms with van der Waals surface area (Å²) in [5, 5.41) is 6.36. The van der Waals surface area contributed by atoms with Gasteiger partial charge in [0.1, 0.15) is 0 Å². The molecule has 0 spiro atoms. The Balaban J connectivity index is 4.75. The summed E-state index contributed by atoms with van der Waals surface area (Å²) in [4.78, 5) is -2.42. The molecule has 0 aromatic carbocycles. The Morgan fingerprint density at radius 2 is 2.67 bits per heavy atom. The Morgan fingerprint density at radius 1 is 2.17 bits per heavy atom. The van der Waals surface area contributed by atoms with E-state index in [1.165, 1.54) is 0 Å². The van der Waals surface area contributed by atoms with Crippen molar-refractivity contribution in [1.82, 2.24) is 0 Å².